The molecule has 2 aromatic heterocycles. The third kappa shape index (κ3) is 4.52. The number of amides is 1. The van der Waals surface area contributed by atoms with Gasteiger partial charge in [0.05, 0.1) is 35.5 Å². The van der Waals surface area contributed by atoms with E-state index in [0.29, 0.717) is 22.1 Å². The summed E-state index contributed by atoms with van der Waals surface area (Å²) >= 11 is 7.32. The number of carbonyl (C=O) groups is 1. The van der Waals surface area contributed by atoms with Gasteiger partial charge in [-0.05, 0) is 30.3 Å². The van der Waals surface area contributed by atoms with Gasteiger partial charge in [-0.25, -0.2) is 4.98 Å². The average molecular weight is 466 g/mol. The van der Waals surface area contributed by atoms with Crippen molar-refractivity contribution < 1.29 is 22.7 Å². The van der Waals surface area contributed by atoms with Crippen LogP contribution in [0.15, 0.2) is 54.0 Å². The Kier molecular flexibility index (Phi) is 5.63. The van der Waals surface area contributed by atoms with Crippen LogP contribution >= 0.6 is 22.9 Å². The van der Waals surface area contributed by atoms with E-state index in [-0.39, 0.29) is 17.1 Å². The molecular weight excluding hydrogens is 451 g/mol. The van der Waals surface area contributed by atoms with Crippen LogP contribution in [0.2, 0.25) is 5.02 Å². The van der Waals surface area contributed by atoms with Crippen molar-refractivity contribution in [2.45, 2.75) is 12.6 Å². The zero-order chi connectivity index (χ0) is 22.2. The van der Waals surface area contributed by atoms with Crippen molar-refractivity contribution in [1.82, 2.24) is 9.38 Å². The summed E-state index contributed by atoms with van der Waals surface area (Å²) in [5.41, 5.74) is 1.26. The normalized spacial score (nSPS) is 11.6. The maximum Gasteiger partial charge on any atom is 0.416 e. The van der Waals surface area contributed by atoms with Crippen LogP contribution in [0, 0.1) is 0 Å². The zero-order valence-electron chi connectivity index (χ0n) is 16.0. The molecule has 0 aliphatic heterocycles. The fourth-order valence-corrected chi connectivity index (χ4v) is 4.07. The summed E-state index contributed by atoms with van der Waals surface area (Å²) in [7, 11) is 1.58. The van der Waals surface area contributed by atoms with Gasteiger partial charge < -0.3 is 10.1 Å². The van der Waals surface area contributed by atoms with E-state index < -0.39 is 17.6 Å². The minimum absolute atomic E-state index is 0.0276. The first-order valence-corrected chi connectivity index (χ1v) is 10.3. The number of hydrogen-bond donors (Lipinski definition) is 1. The number of hydrogen-bond acceptors (Lipinski definition) is 4. The molecule has 0 atom stereocenters. The van der Waals surface area contributed by atoms with Gasteiger partial charge in [0.25, 0.3) is 0 Å². The van der Waals surface area contributed by atoms with Crippen LogP contribution in [-0.2, 0) is 17.4 Å². The number of aromatic nitrogens is 2. The fraction of sp³-hybridized carbons (Fsp3) is 0.143. The number of nitrogens with one attached hydrogen (secondary N) is 1. The van der Waals surface area contributed by atoms with E-state index in [1.54, 1.807) is 23.1 Å². The molecule has 0 aliphatic rings. The van der Waals surface area contributed by atoms with Gasteiger partial charge in [-0.15, -0.1) is 11.3 Å². The molecule has 2 heterocycles. The quantitative estimate of drug-likeness (QED) is 0.398. The van der Waals surface area contributed by atoms with Gasteiger partial charge in [0.1, 0.15) is 5.75 Å². The van der Waals surface area contributed by atoms with Crippen molar-refractivity contribution in [1.29, 1.82) is 0 Å². The second kappa shape index (κ2) is 8.24. The summed E-state index contributed by atoms with van der Waals surface area (Å²) in [6.45, 7) is 0. The number of alkyl halides is 3. The number of thiazole rings is 1. The molecule has 4 rings (SSSR count). The van der Waals surface area contributed by atoms with Crippen molar-refractivity contribution >= 4 is 39.5 Å². The van der Waals surface area contributed by atoms with E-state index >= 15 is 0 Å². The van der Waals surface area contributed by atoms with Crippen LogP contribution in [0.3, 0.4) is 0 Å². The maximum atomic E-state index is 12.9. The van der Waals surface area contributed by atoms with Gasteiger partial charge in [0, 0.05) is 22.8 Å². The first-order chi connectivity index (χ1) is 14.7. The molecule has 0 radical (unpaired) electrons. The number of rotatable bonds is 5. The summed E-state index contributed by atoms with van der Waals surface area (Å²) in [6.07, 6.45) is -2.78. The Morgan fingerprint density at radius 3 is 2.81 bits per heavy atom. The van der Waals surface area contributed by atoms with Gasteiger partial charge in [-0.1, -0.05) is 23.7 Å². The smallest absolute Gasteiger partial charge is 0.416 e. The molecule has 2 aromatic carbocycles. The van der Waals surface area contributed by atoms with Crippen molar-refractivity contribution in [3.8, 4) is 17.0 Å². The molecule has 0 fully saturated rings. The van der Waals surface area contributed by atoms with Crippen molar-refractivity contribution in [3.05, 3.63) is 70.3 Å². The first-order valence-electron chi connectivity index (χ1n) is 9.01. The van der Waals surface area contributed by atoms with Gasteiger partial charge in [0.2, 0.25) is 5.91 Å². The Morgan fingerprint density at radius 1 is 1.26 bits per heavy atom. The number of anilines is 1. The van der Waals surface area contributed by atoms with Crippen molar-refractivity contribution in [3.63, 3.8) is 0 Å². The Bertz CT molecular complexity index is 1270. The summed E-state index contributed by atoms with van der Waals surface area (Å²) < 4.78 is 45.8. The van der Waals surface area contributed by atoms with E-state index in [1.807, 2.05) is 24.3 Å². The largest absolute Gasteiger partial charge is 0.497 e. The third-order valence-electron chi connectivity index (χ3n) is 4.56. The molecule has 5 nitrogen and oxygen atoms in total. The summed E-state index contributed by atoms with van der Waals surface area (Å²) in [4.78, 5) is 17.8. The highest BCUT2D eigenvalue weighted by atomic mass is 35.5. The van der Waals surface area contributed by atoms with Crippen LogP contribution in [0.4, 0.5) is 18.9 Å². The molecule has 0 bridgehead atoms. The van der Waals surface area contributed by atoms with E-state index in [2.05, 4.69) is 10.3 Å². The molecule has 1 amide bonds. The Balaban J connectivity index is 1.55. The van der Waals surface area contributed by atoms with Crippen LogP contribution in [0.1, 0.15) is 11.3 Å². The Morgan fingerprint density at radius 2 is 2.06 bits per heavy atom. The zero-order valence-corrected chi connectivity index (χ0v) is 17.6. The molecule has 160 valence electrons. The topological polar surface area (TPSA) is 55.6 Å². The lowest BCUT2D eigenvalue weighted by molar-refractivity contribution is -0.137. The second-order valence-corrected chi connectivity index (χ2v) is 7.90. The molecule has 0 aliphatic carbocycles. The van der Waals surface area contributed by atoms with E-state index in [1.165, 1.54) is 11.3 Å². The van der Waals surface area contributed by atoms with E-state index in [0.717, 1.165) is 23.8 Å². The van der Waals surface area contributed by atoms with E-state index in [9.17, 15) is 18.0 Å². The predicted molar refractivity (Wildman–Crippen MR) is 114 cm³/mol. The monoisotopic (exact) mass is 465 g/mol. The lowest BCUT2D eigenvalue weighted by Gasteiger charge is -2.11. The molecule has 31 heavy (non-hydrogen) atoms. The summed E-state index contributed by atoms with van der Waals surface area (Å²) in [6, 6.07) is 10.2. The lowest BCUT2D eigenvalue weighted by atomic mass is 10.1. The third-order valence-corrected chi connectivity index (χ3v) is 5.78. The molecule has 0 unspecified atom stereocenters. The van der Waals surface area contributed by atoms with Crippen LogP contribution in [0.5, 0.6) is 5.75 Å². The molecule has 0 saturated carbocycles. The number of nitrogens with zero attached hydrogens (tertiary/aromatic N) is 2. The fourth-order valence-electron chi connectivity index (χ4n) is 3.03. The van der Waals surface area contributed by atoms with Crippen LogP contribution in [0.25, 0.3) is 16.2 Å². The molecule has 4 aromatic rings. The number of halogens is 4. The number of carbonyl (C=O) groups excluding carboxylic acids is 1. The van der Waals surface area contributed by atoms with Crippen LogP contribution in [-0.4, -0.2) is 22.4 Å². The molecule has 0 saturated heterocycles. The number of ether oxygens (including phenoxy) is 1. The van der Waals surface area contributed by atoms with Gasteiger partial charge >= 0.3 is 6.18 Å². The SMILES string of the molecule is COc1cccc(-c2cn3c(CC(=O)Nc4cc(C(F)(F)F)ccc4Cl)csc3n2)c1. The number of benzene rings is 2. The predicted octanol–water partition coefficient (Wildman–Crippen LogP) is 5.92. The minimum Gasteiger partial charge on any atom is -0.497 e. The Hall–Kier alpha value is -3.04. The van der Waals surface area contributed by atoms with Crippen molar-refractivity contribution in [2.24, 2.45) is 0 Å². The molecular formula is C21H15ClF3N3O2S. The Labute approximate surface area is 184 Å². The first kappa shape index (κ1) is 21.2. The maximum absolute atomic E-state index is 12.9. The van der Waals surface area contributed by atoms with E-state index in [4.69, 9.17) is 16.3 Å². The molecule has 1 N–H and O–H groups in total. The molecule has 0 spiro atoms. The number of fused-ring (bicyclic) bond motifs is 1. The second-order valence-electron chi connectivity index (χ2n) is 6.66. The molecule has 10 heteroatoms. The van der Waals surface area contributed by atoms with Gasteiger partial charge in [0.15, 0.2) is 4.96 Å². The van der Waals surface area contributed by atoms with Gasteiger partial charge in [-0.2, -0.15) is 13.2 Å². The standard InChI is InChI=1S/C21H15ClF3N3O2S/c1-30-15-4-2-3-12(7-15)18-10-28-14(11-31-20(28)27-18)9-19(29)26-17-8-13(21(23,24)25)5-6-16(17)22/h2-8,10-11H,9H2,1H3,(H,26,29). The number of imidazole rings is 1. The average Bonchev–Trinajstić information content (AvgIpc) is 3.31. The lowest BCUT2D eigenvalue weighted by Crippen LogP contribution is -2.16. The summed E-state index contributed by atoms with van der Waals surface area (Å²) in [5.74, 6) is 0.212. The van der Waals surface area contributed by atoms with Crippen LogP contribution < -0.4 is 10.1 Å². The minimum atomic E-state index is -4.53. The highest BCUT2D eigenvalue weighted by Crippen LogP contribution is 2.34. The highest BCUT2D eigenvalue weighted by molar-refractivity contribution is 7.15. The summed E-state index contributed by atoms with van der Waals surface area (Å²) in [5, 5.41) is 4.27. The highest BCUT2D eigenvalue weighted by Gasteiger charge is 2.31. The van der Waals surface area contributed by atoms with Gasteiger partial charge in [-0.3, -0.25) is 9.20 Å². The van der Waals surface area contributed by atoms with Crippen molar-refractivity contribution in [2.75, 3.05) is 12.4 Å². The number of methoxy groups -OCH3 is 1.